The predicted molar refractivity (Wildman–Crippen MR) is 106 cm³/mol. The van der Waals surface area contributed by atoms with Crippen molar-refractivity contribution in [3.63, 3.8) is 0 Å². The maximum absolute atomic E-state index is 12.6. The number of benzene rings is 1. The van der Waals surface area contributed by atoms with Gasteiger partial charge in [-0.1, -0.05) is 37.3 Å². The van der Waals surface area contributed by atoms with Gasteiger partial charge in [0.15, 0.2) is 0 Å². The Labute approximate surface area is 162 Å². The lowest BCUT2D eigenvalue weighted by Gasteiger charge is -2.33. The second-order valence-electron chi connectivity index (χ2n) is 7.60. The molecule has 1 unspecified atom stereocenters. The summed E-state index contributed by atoms with van der Waals surface area (Å²) < 4.78 is 0. The zero-order chi connectivity index (χ0) is 19.1. The molecule has 2 N–H and O–H groups in total. The summed E-state index contributed by atoms with van der Waals surface area (Å²) in [6, 6.07) is 10.0. The van der Waals surface area contributed by atoms with E-state index in [-0.39, 0.29) is 23.9 Å². The van der Waals surface area contributed by atoms with Gasteiger partial charge in [-0.3, -0.25) is 14.5 Å². The van der Waals surface area contributed by atoms with E-state index in [1.54, 1.807) is 0 Å². The van der Waals surface area contributed by atoms with Crippen LogP contribution in [0, 0.1) is 0 Å². The Morgan fingerprint density at radius 1 is 1.19 bits per heavy atom. The molecule has 2 aliphatic rings. The van der Waals surface area contributed by atoms with Gasteiger partial charge in [0.1, 0.15) is 0 Å². The van der Waals surface area contributed by atoms with Gasteiger partial charge in [-0.05, 0) is 37.8 Å². The van der Waals surface area contributed by atoms with Gasteiger partial charge < -0.3 is 15.5 Å². The Balaban J connectivity index is 1.58. The van der Waals surface area contributed by atoms with E-state index in [9.17, 15) is 9.59 Å². The first-order valence-electron chi connectivity index (χ1n) is 10.2. The lowest BCUT2D eigenvalue weighted by atomic mass is 10.0. The van der Waals surface area contributed by atoms with Crippen molar-refractivity contribution in [1.29, 1.82) is 0 Å². The van der Waals surface area contributed by atoms with Crippen molar-refractivity contribution in [2.24, 2.45) is 0 Å². The first-order chi connectivity index (χ1) is 13.2. The fraction of sp³-hybridized carbons (Fsp3) is 0.619. The number of hydrogen-bond donors (Lipinski definition) is 2. The van der Waals surface area contributed by atoms with E-state index >= 15 is 0 Å². The molecule has 2 saturated heterocycles. The molecule has 148 valence electrons. The summed E-state index contributed by atoms with van der Waals surface area (Å²) in [7, 11) is 0. The summed E-state index contributed by atoms with van der Waals surface area (Å²) in [4.78, 5) is 29.7. The van der Waals surface area contributed by atoms with Crippen molar-refractivity contribution >= 4 is 11.8 Å². The van der Waals surface area contributed by atoms with E-state index in [0.717, 1.165) is 51.0 Å². The minimum Gasteiger partial charge on any atom is -0.355 e. The fourth-order valence-electron chi connectivity index (χ4n) is 4.03. The van der Waals surface area contributed by atoms with Gasteiger partial charge in [0.25, 0.3) is 0 Å². The number of rotatable bonds is 6. The van der Waals surface area contributed by atoms with Crippen molar-refractivity contribution in [3.8, 4) is 0 Å². The van der Waals surface area contributed by atoms with E-state index < -0.39 is 0 Å². The van der Waals surface area contributed by atoms with Crippen molar-refractivity contribution in [1.82, 2.24) is 20.4 Å². The average molecular weight is 373 g/mol. The topological polar surface area (TPSA) is 64.7 Å². The number of nitrogens with zero attached hydrogens (tertiary/aromatic N) is 2. The van der Waals surface area contributed by atoms with Crippen LogP contribution in [0.3, 0.4) is 0 Å². The molecule has 0 radical (unpaired) electrons. The Hall–Kier alpha value is -1.92. The third-order valence-electron chi connectivity index (χ3n) is 5.68. The SMILES string of the molecule is CCN1CCC(NC(=O)CN2CCCNC(=O)C2Cc2ccccc2)CC1. The van der Waals surface area contributed by atoms with Gasteiger partial charge in [-0.25, -0.2) is 0 Å². The smallest absolute Gasteiger partial charge is 0.237 e. The highest BCUT2D eigenvalue weighted by Crippen LogP contribution is 2.13. The van der Waals surface area contributed by atoms with Crippen LogP contribution in [0.1, 0.15) is 31.7 Å². The van der Waals surface area contributed by atoms with Crippen LogP contribution in [-0.4, -0.2) is 73.0 Å². The number of hydrogen-bond acceptors (Lipinski definition) is 4. The number of carbonyl (C=O) groups is 2. The largest absolute Gasteiger partial charge is 0.355 e. The highest BCUT2D eigenvalue weighted by Gasteiger charge is 2.30. The first-order valence-corrected chi connectivity index (χ1v) is 10.2. The summed E-state index contributed by atoms with van der Waals surface area (Å²) in [6.45, 7) is 7.07. The lowest BCUT2D eigenvalue weighted by Crippen LogP contribution is -2.51. The second kappa shape index (κ2) is 9.85. The molecule has 0 aromatic heterocycles. The number of amides is 2. The maximum atomic E-state index is 12.6. The molecule has 0 saturated carbocycles. The quantitative estimate of drug-likeness (QED) is 0.783. The molecule has 0 spiro atoms. The number of carbonyl (C=O) groups excluding carboxylic acids is 2. The third kappa shape index (κ3) is 5.78. The van der Waals surface area contributed by atoms with E-state index in [4.69, 9.17) is 0 Å². The molecule has 6 nitrogen and oxygen atoms in total. The average Bonchev–Trinajstić information content (AvgIpc) is 2.85. The lowest BCUT2D eigenvalue weighted by molar-refractivity contribution is -0.128. The molecule has 2 amide bonds. The zero-order valence-corrected chi connectivity index (χ0v) is 16.3. The first kappa shape index (κ1) is 19.8. The van der Waals surface area contributed by atoms with Crippen LogP contribution >= 0.6 is 0 Å². The van der Waals surface area contributed by atoms with Crippen LogP contribution in [-0.2, 0) is 16.0 Å². The normalized spacial score (nSPS) is 22.9. The van der Waals surface area contributed by atoms with Gasteiger partial charge in [0, 0.05) is 32.2 Å². The Morgan fingerprint density at radius 3 is 2.63 bits per heavy atom. The van der Waals surface area contributed by atoms with Crippen LogP contribution < -0.4 is 10.6 Å². The third-order valence-corrected chi connectivity index (χ3v) is 5.68. The molecule has 2 fully saturated rings. The Kier molecular flexibility index (Phi) is 7.24. The van der Waals surface area contributed by atoms with E-state index in [1.165, 1.54) is 0 Å². The molecule has 0 aliphatic carbocycles. The molecule has 3 rings (SSSR count). The molecule has 2 aliphatic heterocycles. The van der Waals surface area contributed by atoms with Crippen LogP contribution in [0.4, 0.5) is 0 Å². The van der Waals surface area contributed by atoms with Gasteiger partial charge >= 0.3 is 0 Å². The highest BCUT2D eigenvalue weighted by atomic mass is 16.2. The Morgan fingerprint density at radius 2 is 1.93 bits per heavy atom. The molecule has 1 aromatic rings. The van der Waals surface area contributed by atoms with E-state index in [0.29, 0.717) is 19.5 Å². The summed E-state index contributed by atoms with van der Waals surface area (Å²) in [5, 5.41) is 6.18. The molecule has 1 atom stereocenters. The monoisotopic (exact) mass is 372 g/mol. The summed E-state index contributed by atoms with van der Waals surface area (Å²) in [5.41, 5.74) is 1.12. The van der Waals surface area contributed by atoms with Crippen molar-refractivity contribution in [3.05, 3.63) is 35.9 Å². The minimum absolute atomic E-state index is 0.0282. The van der Waals surface area contributed by atoms with Gasteiger partial charge in [0.05, 0.1) is 12.6 Å². The summed E-state index contributed by atoms with van der Waals surface area (Å²) in [5.74, 6) is 0.0677. The van der Waals surface area contributed by atoms with Crippen LogP contribution in [0.5, 0.6) is 0 Å². The summed E-state index contributed by atoms with van der Waals surface area (Å²) in [6.07, 6.45) is 3.52. The fourth-order valence-corrected chi connectivity index (χ4v) is 4.03. The molecule has 2 heterocycles. The second-order valence-corrected chi connectivity index (χ2v) is 7.60. The van der Waals surface area contributed by atoms with Gasteiger partial charge in [-0.2, -0.15) is 0 Å². The van der Waals surface area contributed by atoms with Gasteiger partial charge in [0.2, 0.25) is 11.8 Å². The van der Waals surface area contributed by atoms with E-state index in [1.807, 2.05) is 35.2 Å². The summed E-state index contributed by atoms with van der Waals surface area (Å²) >= 11 is 0. The van der Waals surface area contributed by atoms with Crippen molar-refractivity contribution in [2.75, 3.05) is 39.3 Å². The van der Waals surface area contributed by atoms with Crippen LogP contribution in [0.15, 0.2) is 30.3 Å². The number of nitrogens with one attached hydrogen (secondary N) is 2. The molecular weight excluding hydrogens is 340 g/mol. The molecule has 0 bridgehead atoms. The predicted octanol–water partition coefficient (Wildman–Crippen LogP) is 1.02. The van der Waals surface area contributed by atoms with Crippen LogP contribution in [0.25, 0.3) is 0 Å². The standard InChI is InChI=1S/C21H32N4O2/c1-2-24-13-9-18(10-14-24)23-20(26)16-25-12-6-11-22-21(27)19(25)15-17-7-4-3-5-8-17/h3-5,7-8,18-19H,2,6,9-16H2,1H3,(H,22,27)(H,23,26). The zero-order valence-electron chi connectivity index (χ0n) is 16.3. The molecule has 6 heteroatoms. The van der Waals surface area contributed by atoms with E-state index in [2.05, 4.69) is 22.5 Å². The van der Waals surface area contributed by atoms with Crippen molar-refractivity contribution < 1.29 is 9.59 Å². The molecule has 27 heavy (non-hydrogen) atoms. The van der Waals surface area contributed by atoms with Crippen LogP contribution in [0.2, 0.25) is 0 Å². The maximum Gasteiger partial charge on any atom is 0.237 e. The minimum atomic E-state index is -0.289. The highest BCUT2D eigenvalue weighted by molar-refractivity contribution is 5.84. The Bertz CT molecular complexity index is 614. The molecular formula is C21H32N4O2. The number of likely N-dealkylation sites (tertiary alicyclic amines) is 1. The number of piperidine rings is 1. The van der Waals surface area contributed by atoms with Crippen molar-refractivity contribution in [2.45, 2.75) is 44.7 Å². The van der Waals surface area contributed by atoms with Gasteiger partial charge in [-0.15, -0.1) is 0 Å². The molecule has 1 aromatic carbocycles.